The average Bonchev–Trinajstić information content (AvgIpc) is 2.25. The van der Waals surface area contributed by atoms with Crippen molar-refractivity contribution in [2.45, 2.75) is 19.6 Å². The molecule has 1 aliphatic heterocycles. The molecule has 1 aliphatic rings. The van der Waals surface area contributed by atoms with Crippen LogP contribution >= 0.6 is 0 Å². The lowest BCUT2D eigenvalue weighted by Crippen LogP contribution is -2.30. The lowest BCUT2D eigenvalue weighted by molar-refractivity contribution is 0.517. The second-order valence-corrected chi connectivity index (χ2v) is 3.26. The average molecular weight is 161 g/mol. The highest BCUT2D eigenvalue weighted by molar-refractivity contribution is 5.15. The Morgan fingerprint density at radius 3 is 2.75 bits per heavy atom. The molecule has 0 amide bonds. The fraction of sp³-hybridized carbons (Fsp3) is 0.333. The molecule has 3 heteroatoms. The van der Waals surface area contributed by atoms with Crippen molar-refractivity contribution < 1.29 is 0 Å². The maximum atomic E-state index is 5.76. The first kappa shape index (κ1) is 7.43. The van der Waals surface area contributed by atoms with Crippen LogP contribution in [0.4, 0.5) is 0 Å². The van der Waals surface area contributed by atoms with Gasteiger partial charge in [-0.3, -0.25) is 5.73 Å². The molecule has 0 saturated heterocycles. The van der Waals surface area contributed by atoms with E-state index in [9.17, 15) is 0 Å². The molecule has 0 radical (unpaired) electrons. The van der Waals surface area contributed by atoms with Crippen molar-refractivity contribution in [1.29, 1.82) is 0 Å². The lowest BCUT2D eigenvalue weighted by atomic mass is 10.2. The zero-order chi connectivity index (χ0) is 8.77. The van der Waals surface area contributed by atoms with Crippen molar-refractivity contribution in [2.75, 3.05) is 0 Å². The van der Waals surface area contributed by atoms with Gasteiger partial charge in [-0.1, -0.05) is 12.1 Å². The number of rotatable bonds is 0. The summed E-state index contributed by atoms with van der Waals surface area (Å²) in [6.45, 7) is 3.81. The zero-order valence-electron chi connectivity index (χ0n) is 7.20. The van der Waals surface area contributed by atoms with Gasteiger partial charge in [0.15, 0.2) is 0 Å². The Morgan fingerprint density at radius 2 is 2.08 bits per heavy atom. The van der Waals surface area contributed by atoms with Gasteiger partial charge in [0, 0.05) is 0 Å². The van der Waals surface area contributed by atoms with Crippen LogP contribution in [0.15, 0.2) is 28.2 Å². The van der Waals surface area contributed by atoms with Crippen molar-refractivity contribution in [2.24, 2.45) is 15.7 Å². The summed E-state index contributed by atoms with van der Waals surface area (Å²) in [4.78, 5) is 8.55. The number of aryl methyl sites for hydroxylation is 1. The molecule has 2 N–H and O–H groups in total. The zero-order valence-corrected chi connectivity index (χ0v) is 7.20. The van der Waals surface area contributed by atoms with Crippen molar-refractivity contribution in [3.63, 3.8) is 0 Å². The van der Waals surface area contributed by atoms with Gasteiger partial charge in [-0.15, -0.1) is 0 Å². The SMILES string of the molecule is Cc1cccc2c1=NC(C)(N)N=2. The monoisotopic (exact) mass is 161 g/mol. The number of nitrogens with zero attached hydrogens (tertiary/aromatic N) is 2. The summed E-state index contributed by atoms with van der Waals surface area (Å²) >= 11 is 0. The smallest absolute Gasteiger partial charge is 0.200 e. The maximum absolute atomic E-state index is 5.76. The Hall–Kier alpha value is -1.22. The number of benzene rings is 1. The van der Waals surface area contributed by atoms with Crippen molar-refractivity contribution in [3.05, 3.63) is 34.5 Å². The van der Waals surface area contributed by atoms with E-state index in [0.717, 1.165) is 16.3 Å². The Bertz CT molecular complexity index is 432. The van der Waals surface area contributed by atoms with E-state index >= 15 is 0 Å². The highest BCUT2D eigenvalue weighted by Gasteiger charge is 2.18. The Kier molecular flexibility index (Phi) is 1.32. The largest absolute Gasteiger partial charge is 0.289 e. The van der Waals surface area contributed by atoms with Crippen molar-refractivity contribution >= 4 is 0 Å². The summed E-state index contributed by atoms with van der Waals surface area (Å²) in [5.41, 5.74) is 6.89. The van der Waals surface area contributed by atoms with Gasteiger partial charge in [0.1, 0.15) is 0 Å². The normalized spacial score (nSPS) is 25.9. The molecular formula is C9H11N3. The summed E-state index contributed by atoms with van der Waals surface area (Å²) in [5, 5.41) is 1.84. The molecule has 0 saturated carbocycles. The predicted molar refractivity (Wildman–Crippen MR) is 46.1 cm³/mol. The van der Waals surface area contributed by atoms with Crippen LogP contribution in [-0.2, 0) is 0 Å². The van der Waals surface area contributed by atoms with Gasteiger partial charge in [-0.25, -0.2) is 9.98 Å². The van der Waals surface area contributed by atoms with Crippen LogP contribution in [0.5, 0.6) is 0 Å². The topological polar surface area (TPSA) is 50.7 Å². The fourth-order valence-corrected chi connectivity index (χ4v) is 1.37. The van der Waals surface area contributed by atoms with E-state index in [0.29, 0.717) is 0 Å². The highest BCUT2D eigenvalue weighted by atomic mass is 15.2. The maximum Gasteiger partial charge on any atom is 0.200 e. The van der Waals surface area contributed by atoms with Crippen LogP contribution in [0.3, 0.4) is 0 Å². The summed E-state index contributed by atoms with van der Waals surface area (Å²) in [7, 11) is 0. The van der Waals surface area contributed by atoms with Gasteiger partial charge >= 0.3 is 0 Å². The van der Waals surface area contributed by atoms with Gasteiger partial charge in [0.25, 0.3) is 0 Å². The Balaban J connectivity index is 2.86. The second kappa shape index (κ2) is 2.14. The first-order chi connectivity index (χ1) is 5.58. The van der Waals surface area contributed by atoms with E-state index < -0.39 is 5.79 Å². The summed E-state index contributed by atoms with van der Waals surface area (Å²) in [5.74, 6) is -0.756. The molecule has 1 unspecified atom stereocenters. The van der Waals surface area contributed by atoms with E-state index in [2.05, 4.69) is 9.98 Å². The van der Waals surface area contributed by atoms with Crippen LogP contribution in [-0.4, -0.2) is 5.79 Å². The molecule has 0 aliphatic carbocycles. The van der Waals surface area contributed by atoms with Gasteiger partial charge in [-0.05, 0) is 25.5 Å². The van der Waals surface area contributed by atoms with Crippen molar-refractivity contribution in [1.82, 2.24) is 0 Å². The molecule has 0 aromatic heterocycles. The lowest BCUT2D eigenvalue weighted by Gasteiger charge is -2.07. The molecule has 0 bridgehead atoms. The minimum Gasteiger partial charge on any atom is -0.289 e. The van der Waals surface area contributed by atoms with Gasteiger partial charge < -0.3 is 0 Å². The molecular weight excluding hydrogens is 150 g/mol. The van der Waals surface area contributed by atoms with E-state index in [1.165, 1.54) is 0 Å². The Labute approximate surface area is 70.7 Å². The summed E-state index contributed by atoms with van der Waals surface area (Å²) in [6.07, 6.45) is 0. The van der Waals surface area contributed by atoms with Crippen LogP contribution in [0.1, 0.15) is 12.5 Å². The highest BCUT2D eigenvalue weighted by Crippen LogP contribution is 2.03. The van der Waals surface area contributed by atoms with Crippen LogP contribution in [0.2, 0.25) is 0 Å². The van der Waals surface area contributed by atoms with Gasteiger partial charge in [0.2, 0.25) is 5.79 Å². The third-order valence-corrected chi connectivity index (χ3v) is 1.90. The number of hydrogen-bond acceptors (Lipinski definition) is 3. The minimum absolute atomic E-state index is 0.756. The van der Waals surface area contributed by atoms with E-state index in [1.807, 2.05) is 25.1 Å². The molecule has 12 heavy (non-hydrogen) atoms. The first-order valence-corrected chi connectivity index (χ1v) is 3.93. The van der Waals surface area contributed by atoms with Crippen LogP contribution in [0.25, 0.3) is 0 Å². The molecule has 62 valence electrons. The molecule has 1 atom stereocenters. The minimum atomic E-state index is -0.756. The summed E-state index contributed by atoms with van der Waals surface area (Å²) in [6, 6.07) is 5.91. The van der Waals surface area contributed by atoms with E-state index in [1.54, 1.807) is 6.92 Å². The molecule has 0 spiro atoms. The van der Waals surface area contributed by atoms with E-state index in [4.69, 9.17) is 5.73 Å². The van der Waals surface area contributed by atoms with E-state index in [-0.39, 0.29) is 0 Å². The van der Waals surface area contributed by atoms with Gasteiger partial charge in [-0.2, -0.15) is 0 Å². The number of nitrogens with two attached hydrogens (primary N) is 1. The molecule has 0 fully saturated rings. The van der Waals surface area contributed by atoms with Crippen LogP contribution < -0.4 is 16.4 Å². The molecule has 2 rings (SSSR count). The Morgan fingerprint density at radius 1 is 1.33 bits per heavy atom. The molecule has 1 heterocycles. The van der Waals surface area contributed by atoms with Crippen LogP contribution in [0, 0.1) is 6.92 Å². The first-order valence-electron chi connectivity index (χ1n) is 3.93. The summed E-state index contributed by atoms with van der Waals surface area (Å²) < 4.78 is 0. The van der Waals surface area contributed by atoms with Crippen molar-refractivity contribution in [3.8, 4) is 0 Å². The second-order valence-electron chi connectivity index (χ2n) is 3.26. The molecule has 3 nitrogen and oxygen atoms in total. The third-order valence-electron chi connectivity index (χ3n) is 1.90. The number of para-hydroxylation sites is 1. The standard InChI is InChI=1S/C9H11N3/c1-6-4-3-5-7-8(6)12-9(2,10)11-7/h3-5H,10H2,1-2H3. The van der Waals surface area contributed by atoms with Gasteiger partial charge in [0.05, 0.1) is 10.7 Å². The fourth-order valence-electron chi connectivity index (χ4n) is 1.37. The third kappa shape index (κ3) is 1.02. The number of fused-ring (bicyclic) bond motifs is 1. The number of hydrogen-bond donors (Lipinski definition) is 1. The molecule has 1 aromatic carbocycles. The molecule has 1 aromatic rings. The quantitative estimate of drug-likeness (QED) is 0.566. The predicted octanol–water partition coefficient (Wildman–Crippen LogP) is -0.120.